The molecule has 0 bridgehead atoms. The van der Waals surface area contributed by atoms with Gasteiger partial charge in [0.2, 0.25) is 0 Å². The second kappa shape index (κ2) is 10.7. The number of fused-ring (bicyclic) bond motifs is 1. The predicted octanol–water partition coefficient (Wildman–Crippen LogP) is 6.55. The topological polar surface area (TPSA) is 85.7 Å². The summed E-state index contributed by atoms with van der Waals surface area (Å²) >= 11 is 1.66. The lowest BCUT2D eigenvalue weighted by molar-refractivity contribution is -0.137. The van der Waals surface area contributed by atoms with Crippen LogP contribution in [0.1, 0.15) is 63.9 Å². The van der Waals surface area contributed by atoms with Gasteiger partial charge in [0.05, 0.1) is 38.6 Å². The van der Waals surface area contributed by atoms with Crippen molar-refractivity contribution in [3.8, 4) is 0 Å². The van der Waals surface area contributed by atoms with Crippen molar-refractivity contribution in [1.29, 1.82) is 0 Å². The minimum Gasteiger partial charge on any atom is -0.481 e. The van der Waals surface area contributed by atoms with E-state index < -0.39 is 11.6 Å². The van der Waals surface area contributed by atoms with E-state index in [0.29, 0.717) is 12.5 Å². The van der Waals surface area contributed by atoms with Crippen LogP contribution >= 0.6 is 11.3 Å². The van der Waals surface area contributed by atoms with Crippen LogP contribution in [0, 0.1) is 12.8 Å². The number of benzene rings is 2. The van der Waals surface area contributed by atoms with Crippen LogP contribution in [0.25, 0.3) is 10.2 Å². The number of carboxylic acids is 1. The Kier molecular flexibility index (Phi) is 8.21. The summed E-state index contributed by atoms with van der Waals surface area (Å²) < 4.78 is 1.12. The van der Waals surface area contributed by atoms with Gasteiger partial charge in [-0.3, -0.25) is 4.79 Å². The average molecular weight is 484 g/mol. The highest BCUT2D eigenvalue weighted by Gasteiger charge is 2.23. The third-order valence-corrected chi connectivity index (χ3v) is 6.62. The van der Waals surface area contributed by atoms with Crippen LogP contribution in [0.2, 0.25) is 0 Å². The van der Waals surface area contributed by atoms with Gasteiger partial charge in [-0.1, -0.05) is 26.8 Å². The van der Waals surface area contributed by atoms with Gasteiger partial charge in [0.25, 0.3) is 0 Å². The Hall–Kier alpha value is -2.64. The number of nitrogens with zero attached hydrogens (tertiary/aromatic N) is 2. The van der Waals surface area contributed by atoms with Crippen LogP contribution in [-0.4, -0.2) is 39.9 Å². The minimum absolute atomic E-state index is 0.0634. The summed E-state index contributed by atoms with van der Waals surface area (Å²) in [6.45, 7) is 13.3. The van der Waals surface area contributed by atoms with E-state index in [-0.39, 0.29) is 12.3 Å². The summed E-state index contributed by atoms with van der Waals surface area (Å²) in [7, 11) is 0. The highest BCUT2D eigenvalue weighted by molar-refractivity contribution is 7.18. The van der Waals surface area contributed by atoms with Crippen LogP contribution in [0.3, 0.4) is 0 Å². The van der Waals surface area contributed by atoms with E-state index >= 15 is 0 Å². The fourth-order valence-electron chi connectivity index (χ4n) is 4.32. The van der Waals surface area contributed by atoms with Crippen molar-refractivity contribution in [1.82, 2.24) is 4.98 Å². The summed E-state index contributed by atoms with van der Waals surface area (Å²) in [5.41, 5.74) is 3.97. The van der Waals surface area contributed by atoms with Gasteiger partial charge in [-0.15, -0.1) is 11.3 Å². The highest BCUT2D eigenvalue weighted by Crippen LogP contribution is 2.36. The summed E-state index contributed by atoms with van der Waals surface area (Å²) in [5, 5.41) is 24.6. The lowest BCUT2D eigenvalue weighted by atomic mass is 9.92. The molecule has 3 N–H and O–H groups in total. The van der Waals surface area contributed by atoms with Crippen molar-refractivity contribution < 1.29 is 15.0 Å². The molecule has 0 aliphatic rings. The minimum atomic E-state index is -0.862. The quantitative estimate of drug-likeness (QED) is 0.287. The van der Waals surface area contributed by atoms with Crippen LogP contribution in [0.15, 0.2) is 36.4 Å². The normalized spacial score (nSPS) is 12.8. The van der Waals surface area contributed by atoms with Gasteiger partial charge in [0.15, 0.2) is 0 Å². The van der Waals surface area contributed by atoms with E-state index in [0.717, 1.165) is 50.8 Å². The number of carbonyl (C=O) groups is 1. The Morgan fingerprint density at radius 1 is 1.21 bits per heavy atom. The molecule has 184 valence electrons. The second-order valence-corrected chi connectivity index (χ2v) is 11.3. The van der Waals surface area contributed by atoms with E-state index in [1.807, 2.05) is 45.9 Å². The maximum atomic E-state index is 11.4. The monoisotopic (exact) mass is 483 g/mol. The van der Waals surface area contributed by atoms with E-state index in [4.69, 9.17) is 0 Å². The second-order valence-electron chi connectivity index (χ2n) is 10.1. The first-order chi connectivity index (χ1) is 15.9. The Labute approximate surface area is 206 Å². The van der Waals surface area contributed by atoms with Crippen molar-refractivity contribution in [2.45, 2.75) is 65.9 Å². The van der Waals surface area contributed by atoms with E-state index in [1.54, 1.807) is 11.3 Å². The maximum absolute atomic E-state index is 11.4. The summed E-state index contributed by atoms with van der Waals surface area (Å²) in [6, 6.07) is 12.3. The molecule has 0 saturated carbocycles. The molecule has 0 amide bonds. The molecule has 1 unspecified atom stereocenters. The van der Waals surface area contributed by atoms with Gasteiger partial charge in [0, 0.05) is 18.8 Å². The first-order valence-electron chi connectivity index (χ1n) is 11.9. The standard InChI is InChI=1S/C27H37N3O3S/c1-7-19(13-26(31)32)20-8-11-24(30(15-17(2)3)16-27(5,6)33)23(12-20)29-21-9-10-22-25(14-21)34-18(4)28-22/h8-12,14,17,19,29,33H,7,13,15-16H2,1-6H3,(H,31,32). The molecular weight excluding hydrogens is 446 g/mol. The number of aliphatic carboxylic acids is 1. The van der Waals surface area contributed by atoms with Gasteiger partial charge in [-0.05, 0) is 74.9 Å². The average Bonchev–Trinajstić information content (AvgIpc) is 3.09. The largest absolute Gasteiger partial charge is 0.481 e. The van der Waals surface area contributed by atoms with Gasteiger partial charge in [0.1, 0.15) is 0 Å². The molecule has 3 aromatic rings. The molecule has 1 atom stereocenters. The number of carboxylic acid groups (broad SMARTS) is 1. The number of hydrogen-bond acceptors (Lipinski definition) is 6. The van der Waals surface area contributed by atoms with Gasteiger partial charge in [-0.2, -0.15) is 0 Å². The number of nitrogens with one attached hydrogen (secondary N) is 1. The fourth-order valence-corrected chi connectivity index (χ4v) is 5.19. The van der Waals surface area contributed by atoms with Crippen molar-refractivity contribution in [2.75, 3.05) is 23.3 Å². The van der Waals surface area contributed by atoms with Crippen molar-refractivity contribution in [2.24, 2.45) is 5.92 Å². The number of anilines is 3. The molecule has 0 fully saturated rings. The van der Waals surface area contributed by atoms with Crippen molar-refractivity contribution in [3.63, 3.8) is 0 Å². The van der Waals surface area contributed by atoms with Crippen molar-refractivity contribution in [3.05, 3.63) is 47.0 Å². The molecule has 2 aromatic carbocycles. The smallest absolute Gasteiger partial charge is 0.303 e. The fraction of sp³-hybridized carbons (Fsp3) is 0.481. The highest BCUT2D eigenvalue weighted by atomic mass is 32.1. The summed E-state index contributed by atoms with van der Waals surface area (Å²) in [4.78, 5) is 18.2. The van der Waals surface area contributed by atoms with E-state index in [1.165, 1.54) is 0 Å². The maximum Gasteiger partial charge on any atom is 0.303 e. The van der Waals surface area contributed by atoms with E-state index in [9.17, 15) is 15.0 Å². The molecule has 1 heterocycles. The molecule has 1 aromatic heterocycles. The Morgan fingerprint density at radius 2 is 1.94 bits per heavy atom. The molecule has 0 radical (unpaired) electrons. The Bertz CT molecular complexity index is 1130. The van der Waals surface area contributed by atoms with Crippen LogP contribution < -0.4 is 10.2 Å². The zero-order chi connectivity index (χ0) is 25.0. The van der Waals surface area contributed by atoms with E-state index in [2.05, 4.69) is 47.2 Å². The molecule has 7 heteroatoms. The summed E-state index contributed by atoms with van der Waals surface area (Å²) in [5.74, 6) is -0.451. The van der Waals surface area contributed by atoms with Gasteiger partial charge in [-0.25, -0.2) is 4.98 Å². The van der Waals surface area contributed by atoms with Gasteiger partial charge >= 0.3 is 5.97 Å². The molecule has 0 aliphatic heterocycles. The molecular formula is C27H37N3O3S. The number of aromatic nitrogens is 1. The first-order valence-corrected chi connectivity index (χ1v) is 12.7. The van der Waals surface area contributed by atoms with Crippen LogP contribution in [0.5, 0.6) is 0 Å². The van der Waals surface area contributed by atoms with Crippen LogP contribution in [0.4, 0.5) is 17.1 Å². The zero-order valence-electron chi connectivity index (χ0n) is 21.1. The summed E-state index contributed by atoms with van der Waals surface area (Å²) in [6.07, 6.45) is 0.845. The first kappa shape index (κ1) is 26.0. The number of aliphatic hydroxyl groups is 1. The zero-order valence-corrected chi connectivity index (χ0v) is 21.9. The number of aryl methyl sites for hydroxylation is 1. The lowest BCUT2D eigenvalue weighted by Gasteiger charge is -2.34. The Balaban J connectivity index is 2.07. The molecule has 0 aliphatic carbocycles. The van der Waals surface area contributed by atoms with Crippen molar-refractivity contribution >= 4 is 44.6 Å². The number of hydrogen-bond donors (Lipinski definition) is 3. The SMILES string of the molecule is CCC(CC(=O)O)c1ccc(N(CC(C)C)CC(C)(C)O)c(Nc2ccc3nc(C)sc3c2)c1. The van der Waals surface area contributed by atoms with Gasteiger partial charge < -0.3 is 20.4 Å². The number of thiazole rings is 1. The van der Waals surface area contributed by atoms with Crippen LogP contribution in [-0.2, 0) is 4.79 Å². The molecule has 3 rings (SSSR count). The predicted molar refractivity (Wildman–Crippen MR) is 143 cm³/mol. The number of rotatable bonds is 11. The molecule has 0 saturated heterocycles. The molecule has 34 heavy (non-hydrogen) atoms. The molecule has 0 spiro atoms. The third kappa shape index (κ3) is 6.93. The third-order valence-electron chi connectivity index (χ3n) is 5.68. The molecule has 6 nitrogen and oxygen atoms in total. The lowest BCUT2D eigenvalue weighted by Crippen LogP contribution is -2.40. The Morgan fingerprint density at radius 3 is 2.56 bits per heavy atom.